The standard InChI is InChI=1S/C16H13F2N3OS/c17-10-5-12-13(6-11(10)18)21-16(8-19-12)20-7-14-9-2-4-23-15(9)1-3-22-14/h2,4-6,8,14H,1,3,7H2,(H,20,21)/t14-/m1/s1. The van der Waals surface area contributed by atoms with Gasteiger partial charge < -0.3 is 10.1 Å². The summed E-state index contributed by atoms with van der Waals surface area (Å²) in [6.45, 7) is 1.25. The summed E-state index contributed by atoms with van der Waals surface area (Å²) >= 11 is 1.74. The van der Waals surface area contributed by atoms with Gasteiger partial charge in [-0.25, -0.2) is 13.8 Å². The summed E-state index contributed by atoms with van der Waals surface area (Å²) in [6, 6.07) is 4.18. The highest BCUT2D eigenvalue weighted by Crippen LogP contribution is 2.31. The number of nitrogens with zero attached hydrogens (tertiary/aromatic N) is 2. The van der Waals surface area contributed by atoms with Crippen molar-refractivity contribution < 1.29 is 13.5 Å². The maximum Gasteiger partial charge on any atom is 0.161 e. The average Bonchev–Trinajstić information content (AvgIpc) is 3.03. The van der Waals surface area contributed by atoms with Gasteiger partial charge in [0, 0.05) is 30.0 Å². The van der Waals surface area contributed by atoms with Gasteiger partial charge in [-0.1, -0.05) is 0 Å². The van der Waals surface area contributed by atoms with Crippen molar-refractivity contribution in [2.75, 3.05) is 18.5 Å². The van der Waals surface area contributed by atoms with Gasteiger partial charge in [0.2, 0.25) is 0 Å². The van der Waals surface area contributed by atoms with Gasteiger partial charge in [0.1, 0.15) is 11.9 Å². The molecule has 0 amide bonds. The van der Waals surface area contributed by atoms with Gasteiger partial charge in [0.15, 0.2) is 11.6 Å². The SMILES string of the molecule is Fc1cc2ncc(NC[C@H]3OCCc4sccc43)nc2cc1F. The summed E-state index contributed by atoms with van der Waals surface area (Å²) in [7, 11) is 0. The molecule has 118 valence electrons. The second-order valence-electron chi connectivity index (χ2n) is 5.30. The number of hydrogen-bond acceptors (Lipinski definition) is 5. The van der Waals surface area contributed by atoms with E-state index >= 15 is 0 Å². The summed E-state index contributed by atoms with van der Waals surface area (Å²) in [5.41, 5.74) is 1.84. The van der Waals surface area contributed by atoms with Gasteiger partial charge in [-0.3, -0.25) is 4.98 Å². The number of halogens is 2. The highest BCUT2D eigenvalue weighted by molar-refractivity contribution is 7.10. The number of thiophene rings is 1. The number of hydrogen-bond donors (Lipinski definition) is 1. The van der Waals surface area contributed by atoms with Crippen molar-refractivity contribution in [3.05, 3.63) is 51.9 Å². The quantitative estimate of drug-likeness (QED) is 0.794. The van der Waals surface area contributed by atoms with E-state index in [9.17, 15) is 8.78 Å². The molecule has 3 aromatic rings. The minimum Gasteiger partial charge on any atom is -0.371 e. The molecule has 2 aromatic heterocycles. The lowest BCUT2D eigenvalue weighted by atomic mass is 10.1. The highest BCUT2D eigenvalue weighted by Gasteiger charge is 2.21. The Kier molecular flexibility index (Phi) is 3.66. The topological polar surface area (TPSA) is 47.0 Å². The maximum absolute atomic E-state index is 13.3. The maximum atomic E-state index is 13.3. The molecule has 0 unspecified atom stereocenters. The highest BCUT2D eigenvalue weighted by atomic mass is 32.1. The molecule has 0 fully saturated rings. The lowest BCUT2D eigenvalue weighted by Crippen LogP contribution is -2.21. The average molecular weight is 333 g/mol. The molecular weight excluding hydrogens is 320 g/mol. The summed E-state index contributed by atoms with van der Waals surface area (Å²) in [4.78, 5) is 9.73. The van der Waals surface area contributed by atoms with Crippen LogP contribution in [-0.4, -0.2) is 23.1 Å². The van der Waals surface area contributed by atoms with Crippen molar-refractivity contribution in [2.45, 2.75) is 12.5 Å². The molecule has 4 nitrogen and oxygen atoms in total. The normalized spacial score (nSPS) is 17.2. The van der Waals surface area contributed by atoms with Crippen molar-refractivity contribution in [3.63, 3.8) is 0 Å². The lowest BCUT2D eigenvalue weighted by Gasteiger charge is -2.23. The van der Waals surface area contributed by atoms with Gasteiger partial charge >= 0.3 is 0 Å². The number of anilines is 1. The molecule has 4 rings (SSSR count). The number of ether oxygens (including phenoxy) is 1. The van der Waals surface area contributed by atoms with E-state index in [0.717, 1.165) is 18.6 Å². The van der Waals surface area contributed by atoms with Gasteiger partial charge in [-0.05, 0) is 17.0 Å². The fraction of sp³-hybridized carbons (Fsp3) is 0.250. The summed E-state index contributed by atoms with van der Waals surface area (Å²) in [5.74, 6) is -1.34. The van der Waals surface area contributed by atoms with Crippen molar-refractivity contribution in [2.24, 2.45) is 0 Å². The van der Waals surface area contributed by atoms with Crippen LogP contribution in [0.15, 0.2) is 29.8 Å². The van der Waals surface area contributed by atoms with E-state index in [1.165, 1.54) is 16.6 Å². The monoisotopic (exact) mass is 333 g/mol. The Morgan fingerprint density at radius 3 is 2.96 bits per heavy atom. The first-order valence-electron chi connectivity index (χ1n) is 7.24. The fourth-order valence-electron chi connectivity index (χ4n) is 2.68. The van der Waals surface area contributed by atoms with Gasteiger partial charge in [0.25, 0.3) is 0 Å². The molecule has 3 heterocycles. The van der Waals surface area contributed by atoms with Crippen LogP contribution in [0.1, 0.15) is 16.5 Å². The Hall–Kier alpha value is -2.12. The molecule has 0 spiro atoms. The van der Waals surface area contributed by atoms with E-state index in [2.05, 4.69) is 26.7 Å². The van der Waals surface area contributed by atoms with E-state index in [1.54, 1.807) is 11.3 Å². The molecule has 0 radical (unpaired) electrons. The van der Waals surface area contributed by atoms with Crippen LogP contribution in [0, 0.1) is 11.6 Å². The molecule has 7 heteroatoms. The third kappa shape index (κ3) is 2.77. The second kappa shape index (κ2) is 5.82. The molecule has 1 aliphatic heterocycles. The molecule has 0 bridgehead atoms. The van der Waals surface area contributed by atoms with Crippen molar-refractivity contribution >= 4 is 28.2 Å². The van der Waals surface area contributed by atoms with E-state index in [1.807, 2.05) is 0 Å². The zero-order valence-corrected chi connectivity index (χ0v) is 12.9. The zero-order valence-electron chi connectivity index (χ0n) is 12.1. The number of nitrogens with one attached hydrogen (secondary N) is 1. The van der Waals surface area contributed by atoms with E-state index in [0.29, 0.717) is 30.0 Å². The predicted molar refractivity (Wildman–Crippen MR) is 84.7 cm³/mol. The van der Waals surface area contributed by atoms with Crippen LogP contribution in [0.4, 0.5) is 14.6 Å². The van der Waals surface area contributed by atoms with Crippen LogP contribution in [0.5, 0.6) is 0 Å². The number of aromatic nitrogens is 2. The Bertz CT molecular complexity index is 868. The van der Waals surface area contributed by atoms with Crippen molar-refractivity contribution in [1.82, 2.24) is 9.97 Å². The minimum atomic E-state index is -0.928. The Morgan fingerprint density at radius 2 is 2.09 bits per heavy atom. The first-order valence-corrected chi connectivity index (χ1v) is 8.12. The van der Waals surface area contributed by atoms with E-state index in [-0.39, 0.29) is 6.10 Å². The minimum absolute atomic E-state index is 0.0348. The van der Waals surface area contributed by atoms with Crippen LogP contribution in [0.3, 0.4) is 0 Å². The molecule has 23 heavy (non-hydrogen) atoms. The number of rotatable bonds is 3. The molecule has 1 N–H and O–H groups in total. The van der Waals surface area contributed by atoms with E-state index < -0.39 is 11.6 Å². The molecular formula is C16H13F2N3OS. The second-order valence-corrected chi connectivity index (χ2v) is 6.30. The van der Waals surface area contributed by atoms with Crippen LogP contribution in [-0.2, 0) is 11.2 Å². The van der Waals surface area contributed by atoms with Crippen LogP contribution < -0.4 is 5.32 Å². The molecule has 0 saturated heterocycles. The molecule has 0 aliphatic carbocycles. The molecule has 1 aliphatic rings. The van der Waals surface area contributed by atoms with Crippen LogP contribution >= 0.6 is 11.3 Å². The largest absolute Gasteiger partial charge is 0.371 e. The third-order valence-corrected chi connectivity index (χ3v) is 4.82. The van der Waals surface area contributed by atoms with E-state index in [4.69, 9.17) is 4.74 Å². The zero-order chi connectivity index (χ0) is 15.8. The smallest absolute Gasteiger partial charge is 0.161 e. The number of benzene rings is 1. The van der Waals surface area contributed by atoms with Crippen LogP contribution in [0.2, 0.25) is 0 Å². The third-order valence-electron chi connectivity index (χ3n) is 3.83. The van der Waals surface area contributed by atoms with Crippen molar-refractivity contribution in [1.29, 1.82) is 0 Å². The first kappa shape index (κ1) is 14.5. The lowest BCUT2D eigenvalue weighted by molar-refractivity contribution is 0.0526. The van der Waals surface area contributed by atoms with Crippen molar-refractivity contribution in [3.8, 4) is 0 Å². The number of fused-ring (bicyclic) bond motifs is 2. The van der Waals surface area contributed by atoms with Gasteiger partial charge in [-0.2, -0.15) is 0 Å². The summed E-state index contributed by atoms with van der Waals surface area (Å²) in [5, 5.41) is 5.23. The fourth-order valence-corrected chi connectivity index (χ4v) is 3.60. The Morgan fingerprint density at radius 1 is 1.26 bits per heavy atom. The predicted octanol–water partition coefficient (Wildman–Crippen LogP) is 3.70. The summed E-state index contributed by atoms with van der Waals surface area (Å²) in [6.07, 6.45) is 2.42. The van der Waals surface area contributed by atoms with Crippen LogP contribution in [0.25, 0.3) is 11.0 Å². The molecule has 1 atom stereocenters. The summed E-state index contributed by atoms with van der Waals surface area (Å²) < 4.78 is 32.3. The Balaban J connectivity index is 1.54. The van der Waals surface area contributed by atoms with Gasteiger partial charge in [-0.15, -0.1) is 11.3 Å². The Labute approximate surface area is 135 Å². The van der Waals surface area contributed by atoms with Gasteiger partial charge in [0.05, 0.1) is 23.8 Å². The molecule has 1 aromatic carbocycles. The molecule has 0 saturated carbocycles. The first-order chi connectivity index (χ1) is 11.2.